The molecule has 0 spiro atoms. The molecular formula is C10H17NO. The lowest BCUT2D eigenvalue weighted by atomic mass is 9.78. The Hall–Kier alpha value is -0.370. The predicted octanol–water partition coefficient (Wildman–Crippen LogP) is 1.45. The Morgan fingerprint density at radius 3 is 2.83 bits per heavy atom. The van der Waals surface area contributed by atoms with Gasteiger partial charge in [-0.3, -0.25) is 4.79 Å². The lowest BCUT2D eigenvalue weighted by molar-refractivity contribution is -0.130. The standard InChI is InChI=1S/C10H17NO/c1-11-7-6-10(12)8-4-2-3-5-9(8)11/h8-9H,2-7H2,1H3/t8-,9-/m0/s1. The van der Waals surface area contributed by atoms with Gasteiger partial charge < -0.3 is 4.90 Å². The molecule has 0 aromatic rings. The molecule has 1 saturated carbocycles. The third-order valence-corrected chi connectivity index (χ3v) is 3.42. The number of ketones is 1. The Morgan fingerprint density at radius 1 is 1.33 bits per heavy atom. The molecule has 0 radical (unpaired) electrons. The van der Waals surface area contributed by atoms with Crippen molar-refractivity contribution in [1.29, 1.82) is 0 Å². The van der Waals surface area contributed by atoms with Crippen LogP contribution in [-0.4, -0.2) is 30.3 Å². The summed E-state index contributed by atoms with van der Waals surface area (Å²) < 4.78 is 0. The first kappa shape index (κ1) is 8.24. The number of carbonyl (C=O) groups excluding carboxylic acids is 1. The van der Waals surface area contributed by atoms with Gasteiger partial charge in [-0.05, 0) is 19.9 Å². The lowest BCUT2D eigenvalue weighted by Crippen LogP contribution is -2.48. The molecule has 0 N–H and O–H groups in total. The van der Waals surface area contributed by atoms with E-state index in [1.54, 1.807) is 0 Å². The van der Waals surface area contributed by atoms with Crippen LogP contribution in [0.15, 0.2) is 0 Å². The van der Waals surface area contributed by atoms with Crippen LogP contribution in [0.5, 0.6) is 0 Å². The number of carbonyl (C=O) groups is 1. The van der Waals surface area contributed by atoms with E-state index < -0.39 is 0 Å². The fraction of sp³-hybridized carbons (Fsp3) is 0.900. The van der Waals surface area contributed by atoms with Crippen molar-refractivity contribution < 1.29 is 4.79 Å². The fourth-order valence-corrected chi connectivity index (χ4v) is 2.65. The molecular weight excluding hydrogens is 150 g/mol. The van der Waals surface area contributed by atoms with Gasteiger partial charge in [0.2, 0.25) is 0 Å². The van der Waals surface area contributed by atoms with Crippen molar-refractivity contribution in [2.24, 2.45) is 5.92 Å². The summed E-state index contributed by atoms with van der Waals surface area (Å²) in [6.07, 6.45) is 5.76. The Kier molecular flexibility index (Phi) is 2.18. The van der Waals surface area contributed by atoms with E-state index in [0.717, 1.165) is 19.4 Å². The van der Waals surface area contributed by atoms with Crippen molar-refractivity contribution >= 4 is 5.78 Å². The van der Waals surface area contributed by atoms with E-state index in [2.05, 4.69) is 11.9 Å². The van der Waals surface area contributed by atoms with Crippen molar-refractivity contribution in [3.63, 3.8) is 0 Å². The van der Waals surface area contributed by atoms with Crippen LogP contribution in [0.2, 0.25) is 0 Å². The fourth-order valence-electron chi connectivity index (χ4n) is 2.65. The summed E-state index contributed by atoms with van der Waals surface area (Å²) >= 11 is 0. The highest BCUT2D eigenvalue weighted by Gasteiger charge is 2.36. The van der Waals surface area contributed by atoms with Gasteiger partial charge in [0.15, 0.2) is 0 Å². The molecule has 2 nitrogen and oxygen atoms in total. The Labute approximate surface area is 73.9 Å². The minimum atomic E-state index is 0.387. The maximum Gasteiger partial charge on any atom is 0.138 e. The van der Waals surface area contributed by atoms with Crippen LogP contribution in [0.25, 0.3) is 0 Å². The highest BCUT2D eigenvalue weighted by Crippen LogP contribution is 2.32. The molecule has 1 heterocycles. The van der Waals surface area contributed by atoms with E-state index in [4.69, 9.17) is 0 Å². The molecule has 1 aliphatic heterocycles. The second kappa shape index (κ2) is 3.17. The van der Waals surface area contributed by atoms with Crippen molar-refractivity contribution in [2.75, 3.05) is 13.6 Å². The Morgan fingerprint density at radius 2 is 2.08 bits per heavy atom. The van der Waals surface area contributed by atoms with E-state index in [0.29, 0.717) is 17.7 Å². The molecule has 2 fully saturated rings. The molecule has 0 bridgehead atoms. The van der Waals surface area contributed by atoms with Gasteiger partial charge in [-0.25, -0.2) is 0 Å². The second-order valence-electron chi connectivity index (χ2n) is 4.16. The number of rotatable bonds is 0. The van der Waals surface area contributed by atoms with Gasteiger partial charge in [0.05, 0.1) is 0 Å². The first-order valence-corrected chi connectivity index (χ1v) is 5.02. The molecule has 1 saturated heterocycles. The summed E-state index contributed by atoms with van der Waals surface area (Å²) in [6.45, 7) is 0.986. The highest BCUT2D eigenvalue weighted by molar-refractivity contribution is 5.82. The topological polar surface area (TPSA) is 20.3 Å². The molecule has 68 valence electrons. The van der Waals surface area contributed by atoms with E-state index in [9.17, 15) is 4.79 Å². The van der Waals surface area contributed by atoms with Gasteiger partial charge >= 0.3 is 0 Å². The third kappa shape index (κ3) is 1.28. The van der Waals surface area contributed by atoms with Gasteiger partial charge in [0.25, 0.3) is 0 Å². The number of piperidine rings is 1. The zero-order chi connectivity index (χ0) is 8.55. The Bertz CT molecular complexity index is 190. The molecule has 0 aromatic heterocycles. The molecule has 2 rings (SSSR count). The first-order valence-electron chi connectivity index (χ1n) is 5.02. The van der Waals surface area contributed by atoms with Gasteiger partial charge in [0.1, 0.15) is 5.78 Å². The van der Waals surface area contributed by atoms with Crippen LogP contribution in [0.3, 0.4) is 0 Å². The normalized spacial score (nSPS) is 37.9. The number of likely N-dealkylation sites (tertiary alicyclic amines) is 1. The summed E-state index contributed by atoms with van der Waals surface area (Å²) in [4.78, 5) is 13.9. The average Bonchev–Trinajstić information content (AvgIpc) is 2.12. The van der Waals surface area contributed by atoms with Gasteiger partial charge in [-0.2, -0.15) is 0 Å². The van der Waals surface area contributed by atoms with Crippen LogP contribution in [0.1, 0.15) is 32.1 Å². The lowest BCUT2D eigenvalue weighted by Gasteiger charge is -2.41. The summed E-state index contributed by atoms with van der Waals surface area (Å²) in [7, 11) is 2.16. The van der Waals surface area contributed by atoms with E-state index in [1.165, 1.54) is 19.3 Å². The maximum atomic E-state index is 11.5. The van der Waals surface area contributed by atoms with Crippen LogP contribution < -0.4 is 0 Å². The molecule has 0 amide bonds. The first-order chi connectivity index (χ1) is 5.79. The quantitative estimate of drug-likeness (QED) is 0.544. The third-order valence-electron chi connectivity index (χ3n) is 3.42. The van der Waals surface area contributed by atoms with Crippen LogP contribution in [-0.2, 0) is 4.79 Å². The van der Waals surface area contributed by atoms with Crippen molar-refractivity contribution in [3.8, 4) is 0 Å². The molecule has 1 aliphatic carbocycles. The van der Waals surface area contributed by atoms with Crippen LogP contribution >= 0.6 is 0 Å². The van der Waals surface area contributed by atoms with E-state index in [1.807, 2.05) is 0 Å². The highest BCUT2D eigenvalue weighted by atomic mass is 16.1. The average molecular weight is 167 g/mol. The molecule has 0 aromatic carbocycles. The number of fused-ring (bicyclic) bond motifs is 1. The van der Waals surface area contributed by atoms with E-state index in [-0.39, 0.29) is 0 Å². The minimum absolute atomic E-state index is 0.387. The van der Waals surface area contributed by atoms with Gasteiger partial charge in [-0.15, -0.1) is 0 Å². The number of hydrogen-bond acceptors (Lipinski definition) is 2. The summed E-state index contributed by atoms with van der Waals surface area (Å²) in [6, 6.07) is 0.583. The van der Waals surface area contributed by atoms with Crippen LogP contribution in [0, 0.1) is 5.92 Å². The number of hydrogen-bond donors (Lipinski definition) is 0. The predicted molar refractivity (Wildman–Crippen MR) is 48.0 cm³/mol. The van der Waals surface area contributed by atoms with Crippen molar-refractivity contribution in [1.82, 2.24) is 4.90 Å². The smallest absolute Gasteiger partial charge is 0.138 e. The molecule has 2 atom stereocenters. The van der Waals surface area contributed by atoms with E-state index >= 15 is 0 Å². The Balaban J connectivity index is 2.11. The summed E-state index contributed by atoms with van der Waals surface area (Å²) in [5.41, 5.74) is 0. The SMILES string of the molecule is CN1CCC(=O)[C@H]2CCCC[C@@H]21. The number of nitrogens with zero attached hydrogens (tertiary/aromatic N) is 1. The van der Waals surface area contributed by atoms with Gasteiger partial charge in [0, 0.05) is 24.9 Å². The minimum Gasteiger partial charge on any atom is -0.302 e. The van der Waals surface area contributed by atoms with Crippen LogP contribution in [0.4, 0.5) is 0 Å². The molecule has 2 aliphatic rings. The molecule has 12 heavy (non-hydrogen) atoms. The van der Waals surface area contributed by atoms with Crippen molar-refractivity contribution in [3.05, 3.63) is 0 Å². The molecule has 0 unspecified atom stereocenters. The zero-order valence-corrected chi connectivity index (χ0v) is 7.75. The zero-order valence-electron chi connectivity index (χ0n) is 7.75. The van der Waals surface area contributed by atoms with Gasteiger partial charge in [-0.1, -0.05) is 12.8 Å². The summed E-state index contributed by atoms with van der Waals surface area (Å²) in [5, 5.41) is 0. The van der Waals surface area contributed by atoms with Crippen molar-refractivity contribution in [2.45, 2.75) is 38.1 Å². The maximum absolute atomic E-state index is 11.5. The molecule has 2 heteroatoms. The second-order valence-corrected chi connectivity index (χ2v) is 4.16. The monoisotopic (exact) mass is 167 g/mol. The number of Topliss-reactive ketones (excluding diaryl/α,β-unsaturated/α-hetero) is 1. The summed E-state index contributed by atoms with van der Waals surface area (Å²) in [5.74, 6) is 0.912. The largest absolute Gasteiger partial charge is 0.302 e.